The average Bonchev–Trinajstić information content (AvgIpc) is 1.94. The van der Waals surface area contributed by atoms with Crippen LogP contribution in [0.25, 0.3) is 0 Å². The largest absolute Gasteiger partial charge is 0.393 e. The van der Waals surface area contributed by atoms with Crippen molar-refractivity contribution in [1.29, 1.82) is 0 Å². The highest BCUT2D eigenvalue weighted by molar-refractivity contribution is 4.54. The van der Waals surface area contributed by atoms with Gasteiger partial charge >= 0.3 is 0 Å². The van der Waals surface area contributed by atoms with Crippen molar-refractivity contribution in [3.8, 4) is 0 Å². The van der Waals surface area contributed by atoms with Crippen LogP contribution < -0.4 is 0 Å². The fraction of sp³-hybridized carbons (Fsp3) is 1.00. The van der Waals surface area contributed by atoms with Crippen LogP contribution in [0.2, 0.25) is 0 Å². The van der Waals surface area contributed by atoms with Gasteiger partial charge in [0.2, 0.25) is 0 Å². The van der Waals surface area contributed by atoms with E-state index < -0.39 is 0 Å². The van der Waals surface area contributed by atoms with Crippen LogP contribution in [-0.2, 0) is 9.78 Å². The van der Waals surface area contributed by atoms with Crippen molar-refractivity contribution in [2.24, 2.45) is 0 Å². The lowest BCUT2D eigenvalue weighted by Crippen LogP contribution is -2.06. The van der Waals surface area contributed by atoms with E-state index in [4.69, 9.17) is 5.11 Å². The zero-order valence-electron chi connectivity index (χ0n) is 4.67. The Kier molecular flexibility index (Phi) is 2.27. The highest BCUT2D eigenvalue weighted by Gasteiger charge is 2.07. The van der Waals surface area contributed by atoms with Gasteiger partial charge in [0.15, 0.2) is 0 Å². The topological polar surface area (TPSA) is 38.7 Å². The Bertz CT molecular complexity index is 56.7. The molecule has 0 saturated carbocycles. The van der Waals surface area contributed by atoms with E-state index in [1.165, 1.54) is 0 Å². The third kappa shape index (κ3) is 1.78. The standard InChI is InChI=1S/C5H10O3/c6-5-1-3-7-8-4-2-5/h5-6H,1-4H2. The van der Waals surface area contributed by atoms with E-state index in [0.29, 0.717) is 26.1 Å². The van der Waals surface area contributed by atoms with Gasteiger partial charge in [-0.05, 0) is 12.8 Å². The molecule has 1 N–H and O–H groups in total. The molecule has 48 valence electrons. The van der Waals surface area contributed by atoms with E-state index in [-0.39, 0.29) is 6.10 Å². The van der Waals surface area contributed by atoms with E-state index in [0.717, 1.165) is 0 Å². The maximum atomic E-state index is 8.93. The van der Waals surface area contributed by atoms with Crippen LogP contribution >= 0.6 is 0 Å². The van der Waals surface area contributed by atoms with Gasteiger partial charge in [-0.3, -0.25) is 0 Å². The normalized spacial score (nSPS) is 25.1. The second kappa shape index (κ2) is 3.02. The van der Waals surface area contributed by atoms with E-state index in [9.17, 15) is 0 Å². The number of aliphatic hydroxyl groups is 1. The molecule has 0 aromatic rings. The Hall–Kier alpha value is -0.120. The molecule has 8 heavy (non-hydrogen) atoms. The number of rotatable bonds is 0. The Morgan fingerprint density at radius 2 is 1.62 bits per heavy atom. The fourth-order valence-corrected chi connectivity index (χ4v) is 0.630. The van der Waals surface area contributed by atoms with E-state index in [1.807, 2.05) is 0 Å². The molecule has 1 saturated heterocycles. The lowest BCUT2D eigenvalue weighted by atomic mass is 10.2. The summed E-state index contributed by atoms with van der Waals surface area (Å²) in [5.74, 6) is 0. The molecule has 1 rings (SSSR count). The third-order valence-electron chi connectivity index (χ3n) is 1.15. The summed E-state index contributed by atoms with van der Waals surface area (Å²) < 4.78 is 0. The molecule has 1 aliphatic rings. The molecule has 0 amide bonds. The minimum absolute atomic E-state index is 0.225. The summed E-state index contributed by atoms with van der Waals surface area (Å²) in [5.41, 5.74) is 0. The molecule has 3 heteroatoms. The lowest BCUT2D eigenvalue weighted by molar-refractivity contribution is -0.287. The third-order valence-corrected chi connectivity index (χ3v) is 1.15. The van der Waals surface area contributed by atoms with Crippen molar-refractivity contribution < 1.29 is 14.9 Å². The minimum Gasteiger partial charge on any atom is -0.393 e. The maximum Gasteiger partial charge on any atom is 0.0846 e. The second-order valence-corrected chi connectivity index (χ2v) is 1.88. The Morgan fingerprint density at radius 1 is 1.12 bits per heavy atom. The molecular formula is C5H10O3. The van der Waals surface area contributed by atoms with Gasteiger partial charge in [0.25, 0.3) is 0 Å². The summed E-state index contributed by atoms with van der Waals surface area (Å²) in [6, 6.07) is 0. The minimum atomic E-state index is -0.225. The smallest absolute Gasteiger partial charge is 0.0846 e. The highest BCUT2D eigenvalue weighted by atomic mass is 17.2. The number of hydrogen-bond acceptors (Lipinski definition) is 3. The second-order valence-electron chi connectivity index (χ2n) is 1.88. The lowest BCUT2D eigenvalue weighted by Gasteiger charge is -1.99. The SMILES string of the molecule is OC1CCOOCC1. The average molecular weight is 118 g/mol. The van der Waals surface area contributed by atoms with E-state index in [2.05, 4.69) is 9.78 Å². The molecule has 1 aliphatic heterocycles. The molecule has 1 heterocycles. The Balaban J connectivity index is 2.17. The van der Waals surface area contributed by atoms with Crippen LogP contribution in [0.4, 0.5) is 0 Å². The first-order valence-electron chi connectivity index (χ1n) is 2.82. The summed E-state index contributed by atoms with van der Waals surface area (Å²) in [6.07, 6.45) is 1.16. The van der Waals surface area contributed by atoms with E-state index >= 15 is 0 Å². The number of hydrogen-bond donors (Lipinski definition) is 1. The van der Waals surface area contributed by atoms with Crippen molar-refractivity contribution in [1.82, 2.24) is 0 Å². The van der Waals surface area contributed by atoms with Crippen molar-refractivity contribution in [3.05, 3.63) is 0 Å². The van der Waals surface area contributed by atoms with Crippen LogP contribution in [0.1, 0.15) is 12.8 Å². The summed E-state index contributed by atoms with van der Waals surface area (Å²) in [7, 11) is 0. The molecule has 0 unspecified atom stereocenters. The predicted molar refractivity (Wildman–Crippen MR) is 27.1 cm³/mol. The fourth-order valence-electron chi connectivity index (χ4n) is 0.630. The molecule has 3 nitrogen and oxygen atoms in total. The van der Waals surface area contributed by atoms with E-state index in [1.54, 1.807) is 0 Å². The first-order valence-corrected chi connectivity index (χ1v) is 2.82. The first-order chi connectivity index (χ1) is 3.89. The zero-order valence-corrected chi connectivity index (χ0v) is 4.67. The van der Waals surface area contributed by atoms with Gasteiger partial charge in [0.1, 0.15) is 0 Å². The van der Waals surface area contributed by atoms with Gasteiger partial charge in [0.05, 0.1) is 19.3 Å². The summed E-state index contributed by atoms with van der Waals surface area (Å²) in [5, 5.41) is 8.93. The molecule has 0 spiro atoms. The van der Waals surface area contributed by atoms with Crippen LogP contribution in [-0.4, -0.2) is 24.4 Å². The predicted octanol–water partition coefficient (Wildman–Crippen LogP) is 0.0893. The molecule has 0 atom stereocenters. The summed E-state index contributed by atoms with van der Waals surface area (Å²) >= 11 is 0. The van der Waals surface area contributed by atoms with Gasteiger partial charge in [-0.1, -0.05) is 0 Å². The van der Waals surface area contributed by atoms with Crippen molar-refractivity contribution in [2.75, 3.05) is 13.2 Å². The molecule has 1 fully saturated rings. The highest BCUT2D eigenvalue weighted by Crippen LogP contribution is 2.03. The molecule has 0 aromatic heterocycles. The summed E-state index contributed by atoms with van der Waals surface area (Å²) in [4.78, 5) is 9.21. The summed E-state index contributed by atoms with van der Waals surface area (Å²) in [6.45, 7) is 1.03. The quantitative estimate of drug-likeness (QED) is 0.458. The first kappa shape index (κ1) is 6.01. The zero-order chi connectivity index (χ0) is 5.82. The molecule has 0 bridgehead atoms. The van der Waals surface area contributed by atoms with Gasteiger partial charge < -0.3 is 5.11 Å². The maximum absolute atomic E-state index is 8.93. The Labute approximate surface area is 48.1 Å². The van der Waals surface area contributed by atoms with Gasteiger partial charge in [0, 0.05) is 0 Å². The molecule has 0 aliphatic carbocycles. The molecule has 0 radical (unpaired) electrons. The van der Waals surface area contributed by atoms with Crippen LogP contribution in [0, 0.1) is 0 Å². The monoisotopic (exact) mass is 118 g/mol. The van der Waals surface area contributed by atoms with Crippen molar-refractivity contribution in [2.45, 2.75) is 18.9 Å². The van der Waals surface area contributed by atoms with Crippen LogP contribution in [0.15, 0.2) is 0 Å². The van der Waals surface area contributed by atoms with Gasteiger partial charge in [-0.2, -0.15) is 0 Å². The van der Waals surface area contributed by atoms with Crippen LogP contribution in [0.5, 0.6) is 0 Å². The van der Waals surface area contributed by atoms with Gasteiger partial charge in [-0.15, -0.1) is 0 Å². The van der Waals surface area contributed by atoms with Crippen molar-refractivity contribution in [3.63, 3.8) is 0 Å². The van der Waals surface area contributed by atoms with Crippen LogP contribution in [0.3, 0.4) is 0 Å². The number of aliphatic hydroxyl groups excluding tert-OH is 1. The van der Waals surface area contributed by atoms with Crippen molar-refractivity contribution >= 4 is 0 Å². The van der Waals surface area contributed by atoms with Gasteiger partial charge in [-0.25, -0.2) is 9.78 Å². The molecular weight excluding hydrogens is 108 g/mol. The molecule has 0 aromatic carbocycles. The Morgan fingerprint density at radius 3 is 2.12 bits per heavy atom.